The second-order valence-corrected chi connectivity index (χ2v) is 8.45. The van der Waals surface area contributed by atoms with Crippen molar-refractivity contribution in [1.82, 2.24) is 9.88 Å². The molecule has 1 amide bonds. The topological polar surface area (TPSA) is 57.3 Å². The van der Waals surface area contributed by atoms with Crippen molar-refractivity contribution < 1.29 is 9.18 Å². The van der Waals surface area contributed by atoms with Gasteiger partial charge in [-0.25, -0.2) is 9.37 Å². The van der Waals surface area contributed by atoms with E-state index in [2.05, 4.69) is 20.5 Å². The smallest absolute Gasteiger partial charge is 0.240 e. The summed E-state index contributed by atoms with van der Waals surface area (Å²) in [5.74, 6) is -0.231. The number of aromatic nitrogens is 1. The van der Waals surface area contributed by atoms with Crippen molar-refractivity contribution in [2.24, 2.45) is 0 Å². The van der Waals surface area contributed by atoms with Gasteiger partial charge in [0.1, 0.15) is 5.82 Å². The number of halogens is 1. The van der Waals surface area contributed by atoms with Crippen molar-refractivity contribution >= 4 is 38.3 Å². The van der Waals surface area contributed by atoms with Gasteiger partial charge in [0.25, 0.3) is 0 Å². The van der Waals surface area contributed by atoms with E-state index in [4.69, 9.17) is 0 Å². The molecule has 7 heteroatoms. The van der Waals surface area contributed by atoms with E-state index in [1.54, 1.807) is 12.1 Å². The van der Waals surface area contributed by atoms with Gasteiger partial charge in [-0.2, -0.15) is 0 Å². The molecule has 1 aromatic heterocycles. The maximum Gasteiger partial charge on any atom is 0.240 e. The number of fused-ring (bicyclic) bond motifs is 1. The van der Waals surface area contributed by atoms with E-state index in [0.29, 0.717) is 18.2 Å². The monoisotopic (exact) mass is 412 g/mol. The summed E-state index contributed by atoms with van der Waals surface area (Å²) in [5, 5.41) is 6.93. The van der Waals surface area contributed by atoms with Crippen LogP contribution in [0.5, 0.6) is 0 Å². The Morgan fingerprint density at radius 2 is 1.83 bits per heavy atom. The lowest BCUT2D eigenvalue weighted by Crippen LogP contribution is -2.33. The summed E-state index contributed by atoms with van der Waals surface area (Å²) < 4.78 is 14.0. The number of hydrogen-bond acceptors (Lipinski definition) is 5. The highest BCUT2D eigenvalue weighted by atomic mass is 32.1. The molecule has 1 saturated heterocycles. The summed E-state index contributed by atoms with van der Waals surface area (Å²) in [6.45, 7) is 3.04. The van der Waals surface area contributed by atoms with Crippen LogP contribution in [0.4, 0.5) is 15.2 Å². The Hall–Kier alpha value is -2.51. The van der Waals surface area contributed by atoms with Crippen LogP contribution in [0.2, 0.25) is 0 Å². The molecule has 2 heterocycles. The summed E-state index contributed by atoms with van der Waals surface area (Å²) in [6.07, 6.45) is 4.85. The predicted molar refractivity (Wildman–Crippen MR) is 117 cm³/mol. The van der Waals surface area contributed by atoms with Crippen molar-refractivity contribution in [3.8, 4) is 0 Å². The van der Waals surface area contributed by atoms with E-state index >= 15 is 0 Å². The molecule has 0 bridgehead atoms. The van der Waals surface area contributed by atoms with Gasteiger partial charge in [-0.3, -0.25) is 9.69 Å². The SMILES string of the molecule is O=C(CN1CCCCCC1)Nc1nc2ccc(NCc3ccc(F)cc3)cc2s1. The molecule has 0 atom stereocenters. The van der Waals surface area contributed by atoms with Gasteiger partial charge in [-0.1, -0.05) is 36.3 Å². The Morgan fingerprint density at radius 1 is 1.07 bits per heavy atom. The van der Waals surface area contributed by atoms with E-state index in [1.807, 2.05) is 18.2 Å². The zero-order valence-electron chi connectivity index (χ0n) is 16.3. The normalized spacial score (nSPS) is 15.2. The third-order valence-electron chi connectivity index (χ3n) is 5.11. The highest BCUT2D eigenvalue weighted by Crippen LogP contribution is 2.28. The van der Waals surface area contributed by atoms with Gasteiger partial charge in [0, 0.05) is 12.2 Å². The summed E-state index contributed by atoms with van der Waals surface area (Å²) >= 11 is 1.48. The highest BCUT2D eigenvalue weighted by Gasteiger charge is 2.14. The summed E-state index contributed by atoms with van der Waals surface area (Å²) in [7, 11) is 0. The number of likely N-dealkylation sites (tertiary alicyclic amines) is 1. The fourth-order valence-corrected chi connectivity index (χ4v) is 4.47. The van der Waals surface area contributed by atoms with Gasteiger partial charge in [0.2, 0.25) is 5.91 Å². The van der Waals surface area contributed by atoms with Gasteiger partial charge in [0.05, 0.1) is 16.8 Å². The number of rotatable bonds is 6. The fraction of sp³-hybridized carbons (Fsp3) is 0.364. The molecule has 1 aliphatic heterocycles. The Balaban J connectivity index is 1.36. The third-order valence-corrected chi connectivity index (χ3v) is 6.04. The largest absolute Gasteiger partial charge is 0.381 e. The molecule has 29 heavy (non-hydrogen) atoms. The minimum atomic E-state index is -0.231. The van der Waals surface area contributed by atoms with Crippen LogP contribution in [0.1, 0.15) is 31.2 Å². The number of thiazole rings is 1. The molecule has 4 rings (SSSR count). The van der Waals surface area contributed by atoms with Crippen LogP contribution in [-0.2, 0) is 11.3 Å². The molecule has 1 aliphatic rings. The second kappa shape index (κ2) is 9.33. The Labute approximate surface area is 173 Å². The number of carbonyl (C=O) groups is 1. The van der Waals surface area contributed by atoms with Gasteiger partial charge in [0.15, 0.2) is 5.13 Å². The molecule has 0 unspecified atom stereocenters. The molecule has 0 spiro atoms. The van der Waals surface area contributed by atoms with Crippen LogP contribution in [0.15, 0.2) is 42.5 Å². The molecule has 2 N–H and O–H groups in total. The van der Waals surface area contributed by atoms with Crippen LogP contribution in [0.25, 0.3) is 10.2 Å². The number of nitrogens with one attached hydrogen (secondary N) is 2. The molecule has 152 valence electrons. The first-order chi connectivity index (χ1) is 14.2. The summed E-state index contributed by atoms with van der Waals surface area (Å²) in [5.41, 5.74) is 2.84. The number of anilines is 2. The first-order valence-electron chi connectivity index (χ1n) is 10.1. The van der Waals surface area contributed by atoms with Crippen molar-refractivity contribution in [2.75, 3.05) is 30.3 Å². The maximum absolute atomic E-state index is 13.0. The third kappa shape index (κ3) is 5.52. The van der Waals surface area contributed by atoms with Crippen LogP contribution < -0.4 is 10.6 Å². The highest BCUT2D eigenvalue weighted by molar-refractivity contribution is 7.22. The average Bonchev–Trinajstić information content (AvgIpc) is 2.92. The van der Waals surface area contributed by atoms with Crippen LogP contribution in [0.3, 0.4) is 0 Å². The van der Waals surface area contributed by atoms with Crippen LogP contribution in [-0.4, -0.2) is 35.4 Å². The van der Waals surface area contributed by atoms with Gasteiger partial charge >= 0.3 is 0 Å². The standard InChI is InChI=1S/C22H25FN4OS/c23-17-7-5-16(6-8-17)14-24-18-9-10-19-20(13-18)29-22(25-19)26-21(28)15-27-11-3-1-2-4-12-27/h5-10,13,24H,1-4,11-12,14-15H2,(H,25,26,28). The minimum Gasteiger partial charge on any atom is -0.381 e. The number of nitrogens with zero attached hydrogens (tertiary/aromatic N) is 2. The van der Waals surface area contributed by atoms with E-state index < -0.39 is 0 Å². The molecule has 0 saturated carbocycles. The predicted octanol–water partition coefficient (Wildman–Crippen LogP) is 4.86. The molecule has 2 aromatic carbocycles. The molecule has 5 nitrogen and oxygen atoms in total. The van der Waals surface area contributed by atoms with Crippen LogP contribution >= 0.6 is 11.3 Å². The molecular formula is C22H25FN4OS. The quantitative estimate of drug-likeness (QED) is 0.607. The second-order valence-electron chi connectivity index (χ2n) is 7.42. The molecule has 1 fully saturated rings. The van der Waals surface area contributed by atoms with Crippen molar-refractivity contribution in [2.45, 2.75) is 32.2 Å². The van der Waals surface area contributed by atoms with Crippen LogP contribution in [0, 0.1) is 5.82 Å². The Kier molecular flexibility index (Phi) is 6.36. The Morgan fingerprint density at radius 3 is 2.59 bits per heavy atom. The number of carbonyl (C=O) groups excluding carboxylic acids is 1. The zero-order chi connectivity index (χ0) is 20.1. The lowest BCUT2D eigenvalue weighted by molar-refractivity contribution is -0.117. The van der Waals surface area contributed by atoms with E-state index in [-0.39, 0.29) is 11.7 Å². The van der Waals surface area contributed by atoms with Gasteiger partial charge in [-0.05, 0) is 61.8 Å². The van der Waals surface area contributed by atoms with E-state index in [0.717, 1.165) is 34.6 Å². The first kappa shape index (κ1) is 19.8. The number of hydrogen-bond donors (Lipinski definition) is 2. The lowest BCUT2D eigenvalue weighted by atomic mass is 10.2. The van der Waals surface area contributed by atoms with Crippen molar-refractivity contribution in [3.05, 3.63) is 53.8 Å². The summed E-state index contributed by atoms with van der Waals surface area (Å²) in [6, 6.07) is 12.4. The van der Waals surface area contributed by atoms with E-state index in [1.165, 1.54) is 49.2 Å². The molecular weight excluding hydrogens is 387 g/mol. The average molecular weight is 413 g/mol. The molecule has 0 radical (unpaired) electrons. The number of amides is 1. The van der Waals surface area contributed by atoms with Crippen molar-refractivity contribution in [1.29, 1.82) is 0 Å². The number of benzene rings is 2. The molecule has 3 aromatic rings. The fourth-order valence-electron chi connectivity index (χ4n) is 3.55. The maximum atomic E-state index is 13.0. The zero-order valence-corrected chi connectivity index (χ0v) is 17.1. The van der Waals surface area contributed by atoms with E-state index in [9.17, 15) is 9.18 Å². The van der Waals surface area contributed by atoms with Gasteiger partial charge < -0.3 is 10.6 Å². The van der Waals surface area contributed by atoms with Gasteiger partial charge in [-0.15, -0.1) is 0 Å². The Bertz CT molecular complexity index is 965. The van der Waals surface area contributed by atoms with Crippen molar-refractivity contribution in [3.63, 3.8) is 0 Å². The minimum absolute atomic E-state index is 0.000569. The first-order valence-corrected chi connectivity index (χ1v) is 10.9. The molecule has 0 aliphatic carbocycles. The summed E-state index contributed by atoms with van der Waals surface area (Å²) in [4.78, 5) is 19.2. The lowest BCUT2D eigenvalue weighted by Gasteiger charge is -2.18.